The van der Waals surface area contributed by atoms with E-state index in [0.29, 0.717) is 6.04 Å². The van der Waals surface area contributed by atoms with Gasteiger partial charge in [0.2, 0.25) is 0 Å². The molecule has 0 saturated carbocycles. The molecular weight excluding hydrogens is 236 g/mol. The van der Waals surface area contributed by atoms with Crippen molar-refractivity contribution in [1.82, 2.24) is 10.2 Å². The van der Waals surface area contributed by atoms with Crippen molar-refractivity contribution in [3.63, 3.8) is 0 Å². The molecule has 0 aliphatic carbocycles. The number of nitrogens with zero attached hydrogens (tertiary/aromatic N) is 1. The fourth-order valence-electron chi connectivity index (χ4n) is 2.67. The molecule has 1 amide bonds. The quantitative estimate of drug-likeness (QED) is 0.904. The van der Waals surface area contributed by atoms with E-state index in [4.69, 9.17) is 0 Å². The molecule has 104 valence electrons. The van der Waals surface area contributed by atoms with Gasteiger partial charge < -0.3 is 10.2 Å². The van der Waals surface area contributed by atoms with Crippen molar-refractivity contribution in [1.29, 1.82) is 0 Å². The fraction of sp³-hybridized carbons (Fsp3) is 0.562. The third-order valence-corrected chi connectivity index (χ3v) is 3.98. The van der Waals surface area contributed by atoms with E-state index < -0.39 is 0 Å². The second-order valence-corrected chi connectivity index (χ2v) is 6.37. The minimum Gasteiger partial charge on any atom is -0.337 e. The number of fused-ring (bicyclic) bond motifs is 1. The van der Waals surface area contributed by atoms with Crippen LogP contribution in [0.3, 0.4) is 0 Å². The molecule has 0 bridgehead atoms. The minimum atomic E-state index is 0.145. The van der Waals surface area contributed by atoms with Crippen molar-refractivity contribution < 1.29 is 4.79 Å². The topological polar surface area (TPSA) is 32.3 Å². The van der Waals surface area contributed by atoms with Crippen molar-refractivity contribution in [3.8, 4) is 0 Å². The molecule has 0 spiro atoms. The summed E-state index contributed by atoms with van der Waals surface area (Å²) in [5.74, 6) is 0.173. The number of hydrogen-bond acceptors (Lipinski definition) is 2. The van der Waals surface area contributed by atoms with E-state index in [-0.39, 0.29) is 11.3 Å². The Labute approximate surface area is 116 Å². The van der Waals surface area contributed by atoms with Crippen LogP contribution in [0.25, 0.3) is 0 Å². The molecule has 3 heteroatoms. The number of rotatable bonds is 3. The van der Waals surface area contributed by atoms with Crippen molar-refractivity contribution in [3.05, 3.63) is 35.4 Å². The molecule has 0 aromatic heterocycles. The molecular formula is C16H24N2O. The highest BCUT2D eigenvalue weighted by molar-refractivity contribution is 5.96. The SMILES string of the molecule is CNC(CN1CCc2ccccc2C1=O)C(C)(C)C. The summed E-state index contributed by atoms with van der Waals surface area (Å²) >= 11 is 0. The molecule has 0 fully saturated rings. The highest BCUT2D eigenvalue weighted by Crippen LogP contribution is 2.23. The summed E-state index contributed by atoms with van der Waals surface area (Å²) in [5, 5.41) is 3.34. The summed E-state index contributed by atoms with van der Waals surface area (Å²) in [6, 6.07) is 8.26. The van der Waals surface area contributed by atoms with Crippen LogP contribution in [0.2, 0.25) is 0 Å². The summed E-state index contributed by atoms with van der Waals surface area (Å²) in [6.07, 6.45) is 0.961. The van der Waals surface area contributed by atoms with Crippen molar-refractivity contribution >= 4 is 5.91 Å². The van der Waals surface area contributed by atoms with Gasteiger partial charge in [-0.1, -0.05) is 39.0 Å². The monoisotopic (exact) mass is 260 g/mol. The first-order valence-corrected chi connectivity index (χ1v) is 6.98. The van der Waals surface area contributed by atoms with Gasteiger partial charge in [-0.15, -0.1) is 0 Å². The van der Waals surface area contributed by atoms with Crippen LogP contribution in [0.5, 0.6) is 0 Å². The van der Waals surface area contributed by atoms with Gasteiger partial charge in [0.25, 0.3) is 5.91 Å². The van der Waals surface area contributed by atoms with Crippen LogP contribution in [0, 0.1) is 5.41 Å². The second-order valence-electron chi connectivity index (χ2n) is 6.37. The molecule has 1 aromatic carbocycles. The molecule has 1 atom stereocenters. The maximum absolute atomic E-state index is 12.5. The van der Waals surface area contributed by atoms with Crippen molar-refractivity contribution in [2.45, 2.75) is 33.2 Å². The Hall–Kier alpha value is -1.35. The Balaban J connectivity index is 2.14. The Morgan fingerprint density at radius 1 is 1.32 bits per heavy atom. The van der Waals surface area contributed by atoms with E-state index in [1.807, 2.05) is 30.1 Å². The van der Waals surface area contributed by atoms with Gasteiger partial charge in [-0.25, -0.2) is 0 Å². The number of amides is 1. The van der Waals surface area contributed by atoms with Gasteiger partial charge in [0.1, 0.15) is 0 Å². The van der Waals surface area contributed by atoms with Gasteiger partial charge in [-0.2, -0.15) is 0 Å². The van der Waals surface area contributed by atoms with Gasteiger partial charge in [0, 0.05) is 24.7 Å². The van der Waals surface area contributed by atoms with E-state index in [2.05, 4.69) is 32.2 Å². The molecule has 0 saturated heterocycles. The molecule has 19 heavy (non-hydrogen) atoms. The minimum absolute atomic E-state index is 0.145. The maximum atomic E-state index is 12.5. The molecule has 1 aliphatic heterocycles. The number of benzene rings is 1. The molecule has 3 nitrogen and oxygen atoms in total. The molecule has 1 unspecified atom stereocenters. The van der Waals surface area contributed by atoms with Crippen LogP contribution >= 0.6 is 0 Å². The normalized spacial score (nSPS) is 17.3. The standard InChI is InChI=1S/C16H24N2O/c1-16(2,3)14(17-4)11-18-10-9-12-7-5-6-8-13(12)15(18)19/h5-8,14,17H,9-11H2,1-4H3. The van der Waals surface area contributed by atoms with Crippen LogP contribution in [0.15, 0.2) is 24.3 Å². The molecule has 2 rings (SSSR count). The summed E-state index contributed by atoms with van der Waals surface area (Å²) in [6.45, 7) is 8.21. The predicted octanol–water partition coefficient (Wildman–Crippen LogP) is 2.32. The average molecular weight is 260 g/mol. The largest absolute Gasteiger partial charge is 0.337 e. The van der Waals surface area contributed by atoms with Gasteiger partial charge in [0.15, 0.2) is 0 Å². The van der Waals surface area contributed by atoms with E-state index in [1.165, 1.54) is 5.56 Å². The molecule has 1 N–H and O–H groups in total. The van der Waals surface area contributed by atoms with Crippen LogP contribution in [0.1, 0.15) is 36.7 Å². The number of carbonyl (C=O) groups is 1. The molecule has 1 heterocycles. The number of carbonyl (C=O) groups excluding carboxylic acids is 1. The highest BCUT2D eigenvalue weighted by Gasteiger charge is 2.30. The summed E-state index contributed by atoms with van der Waals surface area (Å²) in [4.78, 5) is 14.5. The van der Waals surface area contributed by atoms with E-state index in [1.54, 1.807) is 0 Å². The zero-order chi connectivity index (χ0) is 14.0. The van der Waals surface area contributed by atoms with E-state index in [0.717, 1.165) is 25.1 Å². The van der Waals surface area contributed by atoms with Gasteiger partial charge >= 0.3 is 0 Å². The Bertz CT molecular complexity index is 462. The van der Waals surface area contributed by atoms with Crippen LogP contribution in [-0.2, 0) is 6.42 Å². The molecule has 1 aliphatic rings. The smallest absolute Gasteiger partial charge is 0.254 e. The zero-order valence-electron chi connectivity index (χ0n) is 12.4. The summed E-state index contributed by atoms with van der Waals surface area (Å²) in [7, 11) is 1.97. The molecule has 1 aromatic rings. The predicted molar refractivity (Wildman–Crippen MR) is 78.4 cm³/mol. The summed E-state index contributed by atoms with van der Waals surface area (Å²) in [5.41, 5.74) is 2.20. The van der Waals surface area contributed by atoms with E-state index in [9.17, 15) is 4.79 Å². The van der Waals surface area contributed by atoms with Crippen LogP contribution in [0.4, 0.5) is 0 Å². The lowest BCUT2D eigenvalue weighted by Gasteiger charge is -2.37. The van der Waals surface area contributed by atoms with Crippen molar-refractivity contribution in [2.24, 2.45) is 5.41 Å². The Morgan fingerprint density at radius 2 is 2.00 bits per heavy atom. The first-order chi connectivity index (χ1) is 8.93. The number of hydrogen-bond donors (Lipinski definition) is 1. The van der Waals surface area contributed by atoms with Crippen LogP contribution in [-0.4, -0.2) is 37.0 Å². The van der Waals surface area contributed by atoms with Gasteiger partial charge in [-0.05, 0) is 30.5 Å². The van der Waals surface area contributed by atoms with E-state index >= 15 is 0 Å². The molecule has 0 radical (unpaired) electrons. The lowest BCUT2D eigenvalue weighted by Crippen LogP contribution is -2.50. The van der Waals surface area contributed by atoms with Crippen LogP contribution < -0.4 is 5.32 Å². The first kappa shape index (κ1) is 14.1. The Kier molecular flexibility index (Phi) is 3.95. The van der Waals surface area contributed by atoms with Gasteiger partial charge in [0.05, 0.1) is 0 Å². The maximum Gasteiger partial charge on any atom is 0.254 e. The lowest BCUT2D eigenvalue weighted by atomic mass is 9.86. The number of nitrogens with one attached hydrogen (secondary N) is 1. The zero-order valence-corrected chi connectivity index (χ0v) is 12.4. The van der Waals surface area contributed by atoms with Gasteiger partial charge in [-0.3, -0.25) is 4.79 Å². The third-order valence-electron chi connectivity index (χ3n) is 3.98. The third kappa shape index (κ3) is 2.98. The highest BCUT2D eigenvalue weighted by atomic mass is 16.2. The van der Waals surface area contributed by atoms with Crippen molar-refractivity contribution in [2.75, 3.05) is 20.1 Å². The number of likely N-dealkylation sites (N-methyl/N-ethyl adjacent to an activating group) is 1. The first-order valence-electron chi connectivity index (χ1n) is 6.98. The average Bonchev–Trinajstić information content (AvgIpc) is 2.37. The second kappa shape index (κ2) is 5.33. The summed E-state index contributed by atoms with van der Waals surface area (Å²) < 4.78 is 0. The Morgan fingerprint density at radius 3 is 2.63 bits per heavy atom. The fourth-order valence-corrected chi connectivity index (χ4v) is 2.67. The lowest BCUT2D eigenvalue weighted by molar-refractivity contribution is 0.0691.